The Morgan fingerprint density at radius 3 is 2.53 bits per heavy atom. The predicted molar refractivity (Wildman–Crippen MR) is 63.8 cm³/mol. The molecule has 1 aromatic heterocycles. The molecule has 0 saturated carbocycles. The number of halogens is 2. The zero-order valence-electron chi connectivity index (χ0n) is 7.62. The minimum atomic E-state index is -0.919. The molecular weight excluding hydrogens is 350 g/mol. The third-order valence-corrected chi connectivity index (χ3v) is 4.77. The molecule has 0 saturated heterocycles. The van der Waals surface area contributed by atoms with Crippen LogP contribution >= 0.6 is 43.2 Å². The third-order valence-electron chi connectivity index (χ3n) is 1.53. The number of amides is 1. The van der Waals surface area contributed by atoms with Crippen LogP contribution in [0.5, 0.6) is 0 Å². The molecule has 0 aliphatic heterocycles. The van der Waals surface area contributed by atoms with Crippen molar-refractivity contribution < 1.29 is 14.3 Å². The van der Waals surface area contributed by atoms with Gasteiger partial charge in [-0.15, -0.1) is 11.3 Å². The van der Waals surface area contributed by atoms with Crippen LogP contribution in [0.25, 0.3) is 0 Å². The van der Waals surface area contributed by atoms with Gasteiger partial charge in [0.15, 0.2) is 6.10 Å². The molecule has 0 bridgehead atoms. The van der Waals surface area contributed by atoms with Gasteiger partial charge in [0.25, 0.3) is 5.91 Å². The van der Waals surface area contributed by atoms with E-state index in [-0.39, 0.29) is 0 Å². The number of primary amides is 1. The van der Waals surface area contributed by atoms with Crippen molar-refractivity contribution in [2.45, 2.75) is 13.0 Å². The Morgan fingerprint density at radius 1 is 1.53 bits per heavy atom. The Hall–Kier alpha value is -0.400. The maximum Gasteiger partial charge on any atom is 0.349 e. The number of hydrogen-bond donors (Lipinski definition) is 1. The van der Waals surface area contributed by atoms with Crippen molar-refractivity contribution >= 4 is 55.1 Å². The van der Waals surface area contributed by atoms with Crippen molar-refractivity contribution in [2.24, 2.45) is 5.73 Å². The number of rotatable bonds is 3. The van der Waals surface area contributed by atoms with E-state index < -0.39 is 18.0 Å². The molecule has 0 aliphatic carbocycles. The van der Waals surface area contributed by atoms with Crippen molar-refractivity contribution in [2.75, 3.05) is 0 Å². The van der Waals surface area contributed by atoms with Crippen molar-refractivity contribution in [3.05, 3.63) is 19.2 Å². The highest BCUT2D eigenvalue weighted by atomic mass is 79.9. The molecule has 15 heavy (non-hydrogen) atoms. The summed E-state index contributed by atoms with van der Waals surface area (Å²) in [5, 5.41) is 0. The first kappa shape index (κ1) is 12.7. The zero-order valence-corrected chi connectivity index (χ0v) is 11.6. The van der Waals surface area contributed by atoms with Gasteiger partial charge in [-0.3, -0.25) is 4.79 Å². The second-order valence-corrected chi connectivity index (χ2v) is 5.91. The average Bonchev–Trinajstić information content (AvgIpc) is 2.46. The number of nitrogens with two attached hydrogens (primary N) is 1. The summed E-state index contributed by atoms with van der Waals surface area (Å²) in [6.07, 6.45) is -0.919. The van der Waals surface area contributed by atoms with Crippen LogP contribution in [0, 0.1) is 0 Å². The third kappa shape index (κ3) is 3.29. The van der Waals surface area contributed by atoms with Gasteiger partial charge in [-0.25, -0.2) is 4.79 Å². The van der Waals surface area contributed by atoms with Gasteiger partial charge in [0.2, 0.25) is 0 Å². The maximum atomic E-state index is 11.5. The van der Waals surface area contributed by atoms with Crippen LogP contribution in [0.15, 0.2) is 14.3 Å². The van der Waals surface area contributed by atoms with E-state index in [4.69, 9.17) is 10.5 Å². The monoisotopic (exact) mass is 355 g/mol. The summed E-state index contributed by atoms with van der Waals surface area (Å²) in [6.45, 7) is 1.43. The number of carbonyl (C=O) groups excluding carboxylic acids is 2. The summed E-state index contributed by atoms with van der Waals surface area (Å²) < 4.78 is 6.38. The highest BCUT2D eigenvalue weighted by Gasteiger charge is 2.18. The Bertz CT molecular complexity index is 385. The van der Waals surface area contributed by atoms with Gasteiger partial charge in [0.1, 0.15) is 4.88 Å². The van der Waals surface area contributed by atoms with Crippen LogP contribution < -0.4 is 5.73 Å². The van der Waals surface area contributed by atoms with Crippen LogP contribution in [0.3, 0.4) is 0 Å². The standard InChI is InChI=1S/C8H7Br2NO3S/c1-3(7(11)12)14-8(13)5-2-4(9)6(10)15-5/h2-3H,1H3,(H2,11,12)/t3-/m1/s1. The lowest BCUT2D eigenvalue weighted by molar-refractivity contribution is -0.125. The number of carbonyl (C=O) groups is 2. The number of thiophene rings is 1. The molecule has 2 N–H and O–H groups in total. The van der Waals surface area contributed by atoms with Gasteiger partial charge < -0.3 is 10.5 Å². The van der Waals surface area contributed by atoms with E-state index in [0.29, 0.717) is 4.88 Å². The molecule has 0 radical (unpaired) electrons. The summed E-state index contributed by atoms with van der Waals surface area (Å²) in [5.74, 6) is -1.23. The van der Waals surface area contributed by atoms with Crippen LogP contribution in [0.4, 0.5) is 0 Å². The number of hydrogen-bond acceptors (Lipinski definition) is 4. The highest BCUT2D eigenvalue weighted by Crippen LogP contribution is 2.32. The van der Waals surface area contributed by atoms with E-state index >= 15 is 0 Å². The van der Waals surface area contributed by atoms with Gasteiger partial charge in [-0.2, -0.15) is 0 Å². The van der Waals surface area contributed by atoms with E-state index in [1.165, 1.54) is 18.3 Å². The lowest BCUT2D eigenvalue weighted by atomic mass is 10.4. The summed E-state index contributed by atoms with van der Waals surface area (Å²) in [6, 6.07) is 1.62. The molecule has 4 nitrogen and oxygen atoms in total. The molecule has 0 aliphatic rings. The fourth-order valence-electron chi connectivity index (χ4n) is 0.724. The Balaban J connectivity index is 2.73. The van der Waals surface area contributed by atoms with Crippen molar-refractivity contribution in [3.8, 4) is 0 Å². The van der Waals surface area contributed by atoms with Crippen LogP contribution in [-0.2, 0) is 9.53 Å². The summed E-state index contributed by atoms with van der Waals surface area (Å²) >= 11 is 7.71. The first-order valence-corrected chi connectivity index (χ1v) is 6.27. The lowest BCUT2D eigenvalue weighted by Gasteiger charge is -2.07. The van der Waals surface area contributed by atoms with Gasteiger partial charge in [-0.1, -0.05) is 0 Å². The quantitative estimate of drug-likeness (QED) is 0.845. The first-order valence-electron chi connectivity index (χ1n) is 3.87. The Kier molecular flexibility index (Phi) is 4.30. The van der Waals surface area contributed by atoms with E-state index in [1.807, 2.05) is 0 Å². The van der Waals surface area contributed by atoms with E-state index in [0.717, 1.165) is 8.26 Å². The van der Waals surface area contributed by atoms with Gasteiger partial charge in [0, 0.05) is 4.47 Å². The van der Waals surface area contributed by atoms with E-state index in [1.54, 1.807) is 6.07 Å². The second-order valence-electron chi connectivity index (χ2n) is 2.68. The average molecular weight is 357 g/mol. The van der Waals surface area contributed by atoms with Crippen molar-refractivity contribution in [3.63, 3.8) is 0 Å². The van der Waals surface area contributed by atoms with Crippen molar-refractivity contribution in [1.29, 1.82) is 0 Å². The Morgan fingerprint density at radius 2 is 2.13 bits per heavy atom. The molecule has 1 aromatic rings. The molecule has 0 unspecified atom stereocenters. The molecule has 1 rings (SSSR count). The van der Waals surface area contributed by atoms with Crippen molar-refractivity contribution in [1.82, 2.24) is 0 Å². The van der Waals surface area contributed by atoms with E-state index in [2.05, 4.69) is 31.9 Å². The molecular formula is C8H7Br2NO3S. The zero-order chi connectivity index (χ0) is 11.6. The van der Waals surface area contributed by atoms with E-state index in [9.17, 15) is 9.59 Å². The first-order chi connectivity index (χ1) is 6.91. The topological polar surface area (TPSA) is 69.4 Å². The molecule has 1 heterocycles. The minimum Gasteiger partial charge on any atom is -0.448 e. The minimum absolute atomic E-state index is 0.404. The molecule has 1 atom stereocenters. The van der Waals surface area contributed by atoms with Gasteiger partial charge in [0.05, 0.1) is 3.79 Å². The number of ether oxygens (including phenoxy) is 1. The highest BCUT2D eigenvalue weighted by molar-refractivity contribution is 9.13. The fraction of sp³-hybridized carbons (Fsp3) is 0.250. The second kappa shape index (κ2) is 5.09. The molecule has 7 heteroatoms. The van der Waals surface area contributed by atoms with Crippen LogP contribution in [0.2, 0.25) is 0 Å². The molecule has 0 spiro atoms. The molecule has 82 valence electrons. The summed E-state index contributed by atoms with van der Waals surface area (Å²) in [4.78, 5) is 22.5. The van der Waals surface area contributed by atoms with Gasteiger partial charge >= 0.3 is 5.97 Å². The van der Waals surface area contributed by atoms with Crippen LogP contribution in [-0.4, -0.2) is 18.0 Å². The lowest BCUT2D eigenvalue weighted by Crippen LogP contribution is -2.30. The number of esters is 1. The SMILES string of the molecule is C[C@@H](OC(=O)c1cc(Br)c(Br)s1)C(N)=O. The molecule has 0 fully saturated rings. The van der Waals surface area contributed by atoms with Gasteiger partial charge in [-0.05, 0) is 44.8 Å². The fourth-order valence-corrected chi connectivity index (χ4v) is 2.64. The normalized spacial score (nSPS) is 12.2. The largest absolute Gasteiger partial charge is 0.448 e. The molecule has 1 amide bonds. The maximum absolute atomic E-state index is 11.5. The predicted octanol–water partition coefficient (Wildman–Crippen LogP) is 2.30. The Labute approximate surface area is 107 Å². The van der Waals surface area contributed by atoms with Crippen LogP contribution in [0.1, 0.15) is 16.6 Å². The molecule has 0 aromatic carbocycles. The summed E-state index contributed by atoms with van der Waals surface area (Å²) in [7, 11) is 0. The summed E-state index contributed by atoms with van der Waals surface area (Å²) in [5.41, 5.74) is 4.97. The smallest absolute Gasteiger partial charge is 0.349 e.